The van der Waals surface area contributed by atoms with E-state index >= 15 is 0 Å². The van der Waals surface area contributed by atoms with Gasteiger partial charge in [0.05, 0.1) is 24.3 Å². The van der Waals surface area contributed by atoms with Crippen LogP contribution < -0.4 is 5.32 Å². The van der Waals surface area contributed by atoms with Gasteiger partial charge in [-0.25, -0.2) is 0 Å². The van der Waals surface area contributed by atoms with E-state index in [0.717, 1.165) is 30.0 Å². The van der Waals surface area contributed by atoms with E-state index in [9.17, 15) is 4.79 Å². The summed E-state index contributed by atoms with van der Waals surface area (Å²) in [6, 6.07) is 0.514. The van der Waals surface area contributed by atoms with Gasteiger partial charge < -0.3 is 10.1 Å². The van der Waals surface area contributed by atoms with E-state index in [1.807, 2.05) is 13.8 Å². The van der Waals surface area contributed by atoms with Crippen molar-refractivity contribution in [2.24, 2.45) is 0 Å². The third-order valence-electron chi connectivity index (χ3n) is 4.29. The Kier molecular flexibility index (Phi) is 5.00. The summed E-state index contributed by atoms with van der Waals surface area (Å²) < 4.78 is 5.51. The zero-order chi connectivity index (χ0) is 15.6. The van der Waals surface area contributed by atoms with Crippen LogP contribution in [0.3, 0.4) is 0 Å². The Labute approximate surface area is 126 Å². The number of hydrogen-bond donors (Lipinski definition) is 2. The van der Waals surface area contributed by atoms with Gasteiger partial charge in [-0.2, -0.15) is 5.10 Å². The number of H-pyrrole nitrogens is 1. The second-order valence-electron chi connectivity index (χ2n) is 6.09. The lowest BCUT2D eigenvalue weighted by Gasteiger charge is -2.20. The van der Waals surface area contributed by atoms with Gasteiger partial charge in [-0.3, -0.25) is 14.8 Å². The number of aromatic amines is 1. The van der Waals surface area contributed by atoms with Gasteiger partial charge in [-0.05, 0) is 27.7 Å². The number of carbonyl (C=O) groups is 1. The van der Waals surface area contributed by atoms with E-state index in [1.54, 1.807) is 7.11 Å². The lowest BCUT2D eigenvalue weighted by molar-refractivity contribution is -0.121. The lowest BCUT2D eigenvalue weighted by Crippen LogP contribution is -2.44. The van der Waals surface area contributed by atoms with E-state index in [-0.39, 0.29) is 18.1 Å². The Morgan fingerprint density at radius 1 is 1.48 bits per heavy atom. The van der Waals surface area contributed by atoms with Crippen molar-refractivity contribution in [3.05, 3.63) is 17.0 Å². The number of hydrogen-bond acceptors (Lipinski definition) is 4. The van der Waals surface area contributed by atoms with E-state index in [1.165, 1.54) is 0 Å². The minimum absolute atomic E-state index is 0.0280. The molecule has 0 saturated carbocycles. The molecule has 0 radical (unpaired) electrons. The predicted octanol–water partition coefficient (Wildman–Crippen LogP) is 0.793. The summed E-state index contributed by atoms with van der Waals surface area (Å²) in [7, 11) is 1.71. The van der Waals surface area contributed by atoms with Gasteiger partial charge >= 0.3 is 0 Å². The Balaban J connectivity index is 1.96. The van der Waals surface area contributed by atoms with Gasteiger partial charge in [0.25, 0.3) is 0 Å². The quantitative estimate of drug-likeness (QED) is 0.842. The number of amides is 1. The van der Waals surface area contributed by atoms with Crippen molar-refractivity contribution >= 4 is 5.91 Å². The number of aryl methyl sites for hydroxylation is 2. The average molecular weight is 294 g/mol. The fourth-order valence-electron chi connectivity index (χ4n) is 2.86. The number of rotatable bonds is 5. The molecule has 0 bridgehead atoms. The van der Waals surface area contributed by atoms with Crippen molar-refractivity contribution < 1.29 is 9.53 Å². The molecule has 1 amide bonds. The highest BCUT2D eigenvalue weighted by Gasteiger charge is 2.34. The summed E-state index contributed by atoms with van der Waals surface area (Å²) in [4.78, 5) is 14.6. The van der Waals surface area contributed by atoms with E-state index < -0.39 is 0 Å². The van der Waals surface area contributed by atoms with Gasteiger partial charge in [-0.15, -0.1) is 0 Å². The Morgan fingerprint density at radius 2 is 2.19 bits per heavy atom. The second-order valence-corrected chi connectivity index (χ2v) is 6.09. The zero-order valence-corrected chi connectivity index (χ0v) is 13.6. The normalized spacial score (nSPS) is 23.0. The summed E-state index contributed by atoms with van der Waals surface area (Å²) in [5.74, 6) is 0.0280. The van der Waals surface area contributed by atoms with E-state index in [4.69, 9.17) is 4.74 Å². The van der Waals surface area contributed by atoms with Crippen LogP contribution in [0.2, 0.25) is 0 Å². The molecule has 0 unspecified atom stereocenters. The summed E-state index contributed by atoms with van der Waals surface area (Å²) in [5, 5.41) is 10.2. The molecular weight excluding hydrogens is 268 g/mol. The molecule has 6 heteroatoms. The van der Waals surface area contributed by atoms with Gasteiger partial charge in [0.2, 0.25) is 5.91 Å². The highest BCUT2D eigenvalue weighted by atomic mass is 16.5. The molecule has 2 N–H and O–H groups in total. The molecule has 1 aliphatic rings. The summed E-state index contributed by atoms with van der Waals surface area (Å²) in [6.45, 7) is 9.88. The fourth-order valence-corrected chi connectivity index (χ4v) is 2.86. The summed E-state index contributed by atoms with van der Waals surface area (Å²) in [5.41, 5.74) is 2.84. The van der Waals surface area contributed by atoms with Gasteiger partial charge in [0.15, 0.2) is 0 Å². The van der Waals surface area contributed by atoms with Crippen LogP contribution >= 0.6 is 0 Å². The number of nitrogens with one attached hydrogen (secondary N) is 2. The van der Waals surface area contributed by atoms with E-state index in [0.29, 0.717) is 12.5 Å². The molecule has 1 aromatic rings. The van der Waals surface area contributed by atoms with Crippen LogP contribution in [-0.2, 0) is 16.0 Å². The number of ether oxygens (including phenoxy) is 1. The standard InChI is InChI=1S/C15H26N4O2/c1-9(2)19-7-13(14(8-19)21-5)16-15(20)6-12-10(3)17-18-11(12)4/h9,13-14H,6-8H2,1-5H3,(H,16,20)(H,17,18)/t13-,14-/m1/s1. The minimum Gasteiger partial charge on any atom is -0.378 e. The summed E-state index contributed by atoms with van der Waals surface area (Å²) >= 11 is 0. The van der Waals surface area contributed by atoms with E-state index in [2.05, 4.69) is 34.3 Å². The molecular formula is C15H26N4O2. The molecule has 1 fully saturated rings. The van der Waals surface area contributed by atoms with Crippen molar-refractivity contribution in [3.8, 4) is 0 Å². The maximum atomic E-state index is 12.3. The van der Waals surface area contributed by atoms with Gasteiger partial charge in [0.1, 0.15) is 0 Å². The second kappa shape index (κ2) is 6.58. The minimum atomic E-state index is 0.0280. The third kappa shape index (κ3) is 3.63. The molecule has 2 rings (SSSR count). The SMILES string of the molecule is CO[C@@H]1CN(C(C)C)C[C@H]1NC(=O)Cc1c(C)n[nH]c1C. The first kappa shape index (κ1) is 16.0. The van der Waals surface area contributed by atoms with Crippen LogP contribution in [0, 0.1) is 13.8 Å². The number of methoxy groups -OCH3 is 1. The van der Waals surface area contributed by atoms with Crippen LogP contribution in [0.5, 0.6) is 0 Å². The Hall–Kier alpha value is -1.40. The molecule has 2 atom stereocenters. The largest absolute Gasteiger partial charge is 0.378 e. The molecule has 1 saturated heterocycles. The Bertz CT molecular complexity index is 478. The van der Waals surface area contributed by atoms with Crippen molar-refractivity contribution in [2.45, 2.75) is 52.3 Å². The highest BCUT2D eigenvalue weighted by Crippen LogP contribution is 2.16. The molecule has 0 spiro atoms. The maximum Gasteiger partial charge on any atom is 0.224 e. The van der Waals surface area contributed by atoms with Crippen LogP contribution in [0.25, 0.3) is 0 Å². The topological polar surface area (TPSA) is 70.2 Å². The smallest absolute Gasteiger partial charge is 0.224 e. The lowest BCUT2D eigenvalue weighted by atomic mass is 10.1. The van der Waals surface area contributed by atoms with Crippen molar-refractivity contribution in [1.82, 2.24) is 20.4 Å². The first-order chi connectivity index (χ1) is 9.92. The molecule has 118 valence electrons. The maximum absolute atomic E-state index is 12.3. The highest BCUT2D eigenvalue weighted by molar-refractivity contribution is 5.79. The number of aromatic nitrogens is 2. The van der Waals surface area contributed by atoms with Crippen molar-refractivity contribution in [2.75, 3.05) is 20.2 Å². The molecule has 0 aromatic carbocycles. The van der Waals surface area contributed by atoms with Crippen LogP contribution in [-0.4, -0.2) is 59.4 Å². The van der Waals surface area contributed by atoms with Crippen molar-refractivity contribution in [3.63, 3.8) is 0 Å². The van der Waals surface area contributed by atoms with Gasteiger partial charge in [0, 0.05) is 37.5 Å². The fraction of sp³-hybridized carbons (Fsp3) is 0.733. The monoisotopic (exact) mass is 294 g/mol. The van der Waals surface area contributed by atoms with Crippen LogP contribution in [0.15, 0.2) is 0 Å². The number of carbonyl (C=O) groups excluding carboxylic acids is 1. The first-order valence-corrected chi connectivity index (χ1v) is 7.49. The number of likely N-dealkylation sites (tertiary alicyclic amines) is 1. The van der Waals surface area contributed by atoms with Crippen LogP contribution in [0.1, 0.15) is 30.8 Å². The average Bonchev–Trinajstić information content (AvgIpc) is 2.97. The first-order valence-electron chi connectivity index (χ1n) is 7.49. The summed E-state index contributed by atoms with van der Waals surface area (Å²) in [6.07, 6.45) is 0.422. The van der Waals surface area contributed by atoms with Crippen LogP contribution in [0.4, 0.5) is 0 Å². The molecule has 6 nitrogen and oxygen atoms in total. The Morgan fingerprint density at radius 3 is 2.71 bits per heavy atom. The zero-order valence-electron chi connectivity index (χ0n) is 13.6. The molecule has 1 aliphatic heterocycles. The third-order valence-corrected chi connectivity index (χ3v) is 4.29. The van der Waals surface area contributed by atoms with Crippen molar-refractivity contribution in [1.29, 1.82) is 0 Å². The molecule has 21 heavy (non-hydrogen) atoms. The van der Waals surface area contributed by atoms with Gasteiger partial charge in [-0.1, -0.05) is 0 Å². The molecule has 0 aliphatic carbocycles. The molecule has 1 aromatic heterocycles. The number of nitrogens with zero attached hydrogens (tertiary/aromatic N) is 2. The molecule has 2 heterocycles. The predicted molar refractivity (Wildman–Crippen MR) is 81.2 cm³/mol.